The van der Waals surface area contributed by atoms with Crippen LogP contribution in [0.1, 0.15) is 11.1 Å². The molecule has 5 heteroatoms. The molecule has 1 saturated heterocycles. The number of halogens is 1. The molecule has 2 amide bonds. The Labute approximate surface area is 150 Å². The number of nitrogens with one attached hydrogen (secondary N) is 1. The number of hydrogen-bond acceptors (Lipinski definition) is 2. The number of carbonyl (C=O) groups is 1. The van der Waals surface area contributed by atoms with Gasteiger partial charge in [0.15, 0.2) is 0 Å². The number of likely N-dealkylation sites (tertiary alicyclic amines) is 1. The summed E-state index contributed by atoms with van der Waals surface area (Å²) in [6.07, 6.45) is 1.32. The molecule has 2 aromatic carbocycles. The highest BCUT2D eigenvalue weighted by molar-refractivity contribution is 9.10. The second-order valence-electron chi connectivity index (χ2n) is 6.03. The summed E-state index contributed by atoms with van der Waals surface area (Å²) in [4.78, 5) is 14.1. The summed E-state index contributed by atoms with van der Waals surface area (Å²) in [6, 6.07) is 17.7. The maximum atomic E-state index is 12.3. The Bertz CT molecular complexity index is 778. The van der Waals surface area contributed by atoms with Crippen molar-refractivity contribution in [3.8, 4) is 6.07 Å². The van der Waals surface area contributed by atoms with Crippen LogP contribution in [0.15, 0.2) is 53.0 Å². The van der Waals surface area contributed by atoms with Crippen molar-refractivity contribution in [1.29, 1.82) is 5.26 Å². The van der Waals surface area contributed by atoms with Crippen LogP contribution in [-0.2, 0) is 12.8 Å². The van der Waals surface area contributed by atoms with E-state index in [9.17, 15) is 4.79 Å². The van der Waals surface area contributed by atoms with Crippen LogP contribution >= 0.6 is 15.9 Å². The van der Waals surface area contributed by atoms with Gasteiger partial charge >= 0.3 is 6.03 Å². The molecular weight excluding hydrogens is 366 g/mol. The average molecular weight is 384 g/mol. The molecule has 1 aliphatic rings. The van der Waals surface area contributed by atoms with Crippen molar-refractivity contribution in [2.75, 3.05) is 18.4 Å². The molecule has 0 bridgehead atoms. The van der Waals surface area contributed by atoms with Crippen molar-refractivity contribution in [2.24, 2.45) is 5.92 Å². The van der Waals surface area contributed by atoms with Gasteiger partial charge in [-0.15, -0.1) is 0 Å². The van der Waals surface area contributed by atoms with E-state index >= 15 is 0 Å². The van der Waals surface area contributed by atoms with Crippen molar-refractivity contribution >= 4 is 27.6 Å². The Kier molecular flexibility index (Phi) is 5.17. The number of amides is 2. The fraction of sp³-hybridized carbons (Fsp3) is 0.263. The molecule has 0 spiro atoms. The van der Waals surface area contributed by atoms with Gasteiger partial charge in [0, 0.05) is 23.2 Å². The first-order valence-electron chi connectivity index (χ1n) is 7.91. The zero-order valence-electron chi connectivity index (χ0n) is 13.2. The number of urea groups is 1. The fourth-order valence-corrected chi connectivity index (χ4v) is 3.34. The van der Waals surface area contributed by atoms with E-state index in [0.717, 1.165) is 35.2 Å². The Morgan fingerprint density at radius 2 is 2.04 bits per heavy atom. The van der Waals surface area contributed by atoms with Crippen LogP contribution in [0, 0.1) is 17.2 Å². The first-order valence-corrected chi connectivity index (χ1v) is 8.70. The Balaban J connectivity index is 1.51. The lowest BCUT2D eigenvalue weighted by atomic mass is 9.92. The number of nitrogens with zero attached hydrogens (tertiary/aromatic N) is 2. The number of carbonyl (C=O) groups excluding carboxylic acids is 1. The van der Waals surface area contributed by atoms with E-state index in [4.69, 9.17) is 5.26 Å². The van der Waals surface area contributed by atoms with Crippen LogP contribution in [-0.4, -0.2) is 24.0 Å². The number of nitriles is 1. The predicted octanol–water partition coefficient (Wildman–Crippen LogP) is 4.22. The molecule has 0 aliphatic carbocycles. The predicted molar refractivity (Wildman–Crippen MR) is 97.7 cm³/mol. The van der Waals surface area contributed by atoms with Crippen LogP contribution in [0.4, 0.5) is 10.5 Å². The zero-order valence-corrected chi connectivity index (χ0v) is 14.8. The Morgan fingerprint density at radius 3 is 2.79 bits per heavy atom. The van der Waals surface area contributed by atoms with Crippen LogP contribution in [0.2, 0.25) is 0 Å². The molecule has 0 unspecified atom stereocenters. The third-order valence-electron chi connectivity index (χ3n) is 4.17. The molecule has 1 N–H and O–H groups in total. The highest BCUT2D eigenvalue weighted by Gasteiger charge is 2.30. The summed E-state index contributed by atoms with van der Waals surface area (Å²) in [7, 11) is 0. The summed E-state index contributed by atoms with van der Waals surface area (Å²) in [5, 5.41) is 11.7. The summed E-state index contributed by atoms with van der Waals surface area (Å²) >= 11 is 3.57. The molecule has 0 saturated carbocycles. The summed E-state index contributed by atoms with van der Waals surface area (Å²) < 4.78 is 1.13. The molecule has 122 valence electrons. The largest absolute Gasteiger partial charge is 0.324 e. The number of rotatable bonds is 4. The van der Waals surface area contributed by atoms with E-state index in [-0.39, 0.29) is 6.03 Å². The van der Waals surface area contributed by atoms with Gasteiger partial charge in [0.05, 0.1) is 12.5 Å². The standard InChI is InChI=1S/C19H18BrN3O/c20-18-7-2-1-5-16(18)10-15-12-23(13-15)19(24)22-17-6-3-4-14(11-17)8-9-21/h1-7,11,15H,8,10,12-13H2,(H,22,24). The molecule has 4 nitrogen and oxygen atoms in total. The van der Waals surface area contributed by atoms with Crippen LogP contribution < -0.4 is 5.32 Å². The number of anilines is 1. The van der Waals surface area contributed by atoms with Crippen molar-refractivity contribution in [3.05, 3.63) is 64.1 Å². The Hall–Kier alpha value is -2.32. The first kappa shape index (κ1) is 16.5. The van der Waals surface area contributed by atoms with Crippen molar-refractivity contribution in [1.82, 2.24) is 4.90 Å². The van der Waals surface area contributed by atoms with Gasteiger partial charge in [-0.25, -0.2) is 4.79 Å². The van der Waals surface area contributed by atoms with E-state index in [1.54, 1.807) is 0 Å². The smallest absolute Gasteiger partial charge is 0.321 e. The van der Waals surface area contributed by atoms with Gasteiger partial charge in [0.1, 0.15) is 0 Å². The van der Waals surface area contributed by atoms with Crippen molar-refractivity contribution in [3.63, 3.8) is 0 Å². The maximum absolute atomic E-state index is 12.3. The lowest BCUT2D eigenvalue weighted by molar-refractivity contribution is 0.131. The SMILES string of the molecule is N#CCc1cccc(NC(=O)N2CC(Cc3ccccc3Br)C2)c1. The summed E-state index contributed by atoms with van der Waals surface area (Å²) in [5.74, 6) is 0.499. The molecule has 1 fully saturated rings. The molecule has 0 atom stereocenters. The van der Waals surface area contributed by atoms with Gasteiger partial charge in [0.25, 0.3) is 0 Å². The minimum absolute atomic E-state index is 0.0764. The van der Waals surface area contributed by atoms with E-state index in [1.807, 2.05) is 47.4 Å². The molecule has 24 heavy (non-hydrogen) atoms. The van der Waals surface area contributed by atoms with Gasteiger partial charge < -0.3 is 10.2 Å². The van der Waals surface area contributed by atoms with E-state index in [1.165, 1.54) is 5.56 Å². The average Bonchev–Trinajstić information content (AvgIpc) is 2.52. The molecule has 0 radical (unpaired) electrons. The van der Waals surface area contributed by atoms with Gasteiger partial charge in [-0.3, -0.25) is 0 Å². The molecule has 1 aliphatic heterocycles. The second kappa shape index (κ2) is 7.50. The summed E-state index contributed by atoms with van der Waals surface area (Å²) in [6.45, 7) is 1.54. The maximum Gasteiger partial charge on any atom is 0.321 e. The third kappa shape index (κ3) is 3.95. The van der Waals surface area contributed by atoms with Gasteiger partial charge in [0.2, 0.25) is 0 Å². The van der Waals surface area contributed by atoms with Crippen LogP contribution in [0.3, 0.4) is 0 Å². The minimum atomic E-state index is -0.0764. The highest BCUT2D eigenvalue weighted by atomic mass is 79.9. The van der Waals surface area contributed by atoms with E-state index in [0.29, 0.717) is 12.3 Å². The second-order valence-corrected chi connectivity index (χ2v) is 6.89. The quantitative estimate of drug-likeness (QED) is 0.858. The summed E-state index contributed by atoms with van der Waals surface area (Å²) in [5.41, 5.74) is 2.93. The van der Waals surface area contributed by atoms with Crippen LogP contribution in [0.25, 0.3) is 0 Å². The molecular formula is C19H18BrN3O. The van der Waals surface area contributed by atoms with Gasteiger partial charge in [-0.1, -0.05) is 46.3 Å². The van der Waals surface area contributed by atoms with Gasteiger partial charge in [-0.05, 0) is 41.7 Å². The highest BCUT2D eigenvalue weighted by Crippen LogP contribution is 2.25. The molecule has 3 rings (SSSR count). The lowest BCUT2D eigenvalue weighted by Gasteiger charge is -2.39. The normalized spacial score (nSPS) is 13.9. The van der Waals surface area contributed by atoms with Gasteiger partial charge in [-0.2, -0.15) is 5.26 Å². The molecule has 0 aromatic heterocycles. The van der Waals surface area contributed by atoms with Crippen LogP contribution in [0.5, 0.6) is 0 Å². The molecule has 1 heterocycles. The van der Waals surface area contributed by atoms with Crippen molar-refractivity contribution < 1.29 is 4.79 Å². The molecule has 2 aromatic rings. The zero-order chi connectivity index (χ0) is 16.9. The van der Waals surface area contributed by atoms with E-state index in [2.05, 4.69) is 33.4 Å². The lowest BCUT2D eigenvalue weighted by Crippen LogP contribution is -2.52. The Morgan fingerprint density at radius 1 is 1.25 bits per heavy atom. The topological polar surface area (TPSA) is 56.1 Å². The van der Waals surface area contributed by atoms with Crippen molar-refractivity contribution in [2.45, 2.75) is 12.8 Å². The van der Waals surface area contributed by atoms with E-state index < -0.39 is 0 Å². The third-order valence-corrected chi connectivity index (χ3v) is 4.95. The number of hydrogen-bond donors (Lipinski definition) is 1. The first-order chi connectivity index (χ1) is 11.7. The fourth-order valence-electron chi connectivity index (χ4n) is 2.89. The monoisotopic (exact) mass is 383 g/mol. The minimum Gasteiger partial charge on any atom is -0.324 e. The number of benzene rings is 2.